The largest absolute Gasteiger partial charge is 0.358 e. The molecule has 0 spiro atoms. The second-order valence-corrected chi connectivity index (χ2v) is 5.08. The van der Waals surface area contributed by atoms with E-state index in [1.807, 2.05) is 0 Å². The van der Waals surface area contributed by atoms with Crippen LogP contribution in [0.3, 0.4) is 0 Å². The normalized spacial score (nSPS) is 11.8. The van der Waals surface area contributed by atoms with Gasteiger partial charge in [-0.3, -0.25) is 0 Å². The predicted molar refractivity (Wildman–Crippen MR) is 74.6 cm³/mol. The van der Waals surface area contributed by atoms with Gasteiger partial charge in [-0.25, -0.2) is 0 Å². The molecular formula is C16H17N. The van der Waals surface area contributed by atoms with Crippen molar-refractivity contribution in [3.63, 3.8) is 0 Å². The molecule has 1 heterocycles. The molecule has 17 heavy (non-hydrogen) atoms. The molecule has 0 amide bonds. The Balaban J connectivity index is 2.46. The molecule has 0 fully saturated rings. The van der Waals surface area contributed by atoms with Crippen molar-refractivity contribution in [2.75, 3.05) is 0 Å². The van der Waals surface area contributed by atoms with Gasteiger partial charge < -0.3 is 4.98 Å². The minimum Gasteiger partial charge on any atom is -0.358 e. The fraction of sp³-hybridized carbons (Fsp3) is 0.250. The maximum Gasteiger partial charge on any atom is 0.0465 e. The predicted octanol–water partition coefficient (Wildman–Crippen LogP) is 4.75. The van der Waals surface area contributed by atoms with Crippen molar-refractivity contribution >= 4 is 21.7 Å². The van der Waals surface area contributed by atoms with E-state index in [4.69, 9.17) is 0 Å². The van der Waals surface area contributed by atoms with E-state index >= 15 is 0 Å². The van der Waals surface area contributed by atoms with Gasteiger partial charge in [-0.05, 0) is 41.3 Å². The summed E-state index contributed by atoms with van der Waals surface area (Å²) < 4.78 is 0. The highest BCUT2D eigenvalue weighted by Crippen LogP contribution is 2.30. The third kappa shape index (κ3) is 1.54. The quantitative estimate of drug-likeness (QED) is 0.612. The van der Waals surface area contributed by atoms with Gasteiger partial charge in [-0.1, -0.05) is 38.1 Å². The van der Waals surface area contributed by atoms with Crippen LogP contribution in [0.2, 0.25) is 0 Å². The number of hydrogen-bond donors (Lipinski definition) is 1. The van der Waals surface area contributed by atoms with E-state index in [9.17, 15) is 0 Å². The average molecular weight is 223 g/mol. The van der Waals surface area contributed by atoms with Crippen molar-refractivity contribution < 1.29 is 0 Å². The van der Waals surface area contributed by atoms with Gasteiger partial charge in [0.2, 0.25) is 0 Å². The van der Waals surface area contributed by atoms with Crippen LogP contribution in [-0.2, 0) is 0 Å². The molecule has 0 aliphatic carbocycles. The van der Waals surface area contributed by atoms with Gasteiger partial charge in [0.05, 0.1) is 0 Å². The molecule has 3 aromatic rings. The second kappa shape index (κ2) is 3.63. The lowest BCUT2D eigenvalue weighted by atomic mass is 10.0. The van der Waals surface area contributed by atoms with Crippen molar-refractivity contribution in [2.45, 2.75) is 26.7 Å². The molecule has 1 heteroatoms. The smallest absolute Gasteiger partial charge is 0.0465 e. The molecule has 3 rings (SSSR count). The summed E-state index contributed by atoms with van der Waals surface area (Å²) in [5, 5.41) is 4.05. The number of rotatable bonds is 1. The molecule has 0 radical (unpaired) electrons. The molecule has 0 saturated heterocycles. The standard InChI is InChI=1S/C16H17N/c1-10(2)15-9-14-13-7-5-4-6-12(13)11(3)8-16(14)17-15/h4-10,17H,1-3H3. The summed E-state index contributed by atoms with van der Waals surface area (Å²) in [4.78, 5) is 3.53. The number of nitrogens with one attached hydrogen (secondary N) is 1. The molecule has 0 saturated carbocycles. The van der Waals surface area contributed by atoms with Gasteiger partial charge in [0.25, 0.3) is 0 Å². The monoisotopic (exact) mass is 223 g/mol. The molecule has 1 N–H and O–H groups in total. The first-order valence-electron chi connectivity index (χ1n) is 6.18. The molecule has 0 aliphatic heterocycles. The van der Waals surface area contributed by atoms with E-state index in [1.165, 1.54) is 32.9 Å². The van der Waals surface area contributed by atoms with Gasteiger partial charge in [0.1, 0.15) is 0 Å². The van der Waals surface area contributed by atoms with Crippen LogP contribution < -0.4 is 0 Å². The Hall–Kier alpha value is -1.76. The number of aromatic nitrogens is 1. The van der Waals surface area contributed by atoms with Crippen molar-refractivity contribution in [2.24, 2.45) is 0 Å². The van der Waals surface area contributed by atoms with E-state index in [-0.39, 0.29) is 0 Å². The fourth-order valence-corrected chi connectivity index (χ4v) is 2.50. The van der Waals surface area contributed by atoms with E-state index in [0.717, 1.165) is 0 Å². The van der Waals surface area contributed by atoms with Crippen LogP contribution in [0.25, 0.3) is 21.7 Å². The molecule has 0 atom stereocenters. The number of H-pyrrole nitrogens is 1. The summed E-state index contributed by atoms with van der Waals surface area (Å²) in [6.45, 7) is 6.62. The minimum absolute atomic E-state index is 0.543. The first-order valence-corrected chi connectivity index (χ1v) is 6.18. The van der Waals surface area contributed by atoms with E-state index in [0.29, 0.717) is 5.92 Å². The Labute approximate surface area is 101 Å². The zero-order chi connectivity index (χ0) is 12.0. The number of aryl methyl sites for hydroxylation is 1. The molecule has 0 aliphatic rings. The Morgan fingerprint density at radius 3 is 2.35 bits per heavy atom. The highest BCUT2D eigenvalue weighted by molar-refractivity contribution is 6.08. The summed E-state index contributed by atoms with van der Waals surface area (Å²) >= 11 is 0. The Bertz CT molecular complexity index is 689. The van der Waals surface area contributed by atoms with Crippen molar-refractivity contribution in [3.05, 3.63) is 47.7 Å². The third-order valence-corrected chi connectivity index (χ3v) is 3.49. The molecule has 2 aromatic carbocycles. The Kier molecular flexibility index (Phi) is 2.22. The fourth-order valence-electron chi connectivity index (χ4n) is 2.50. The molecule has 86 valence electrons. The van der Waals surface area contributed by atoms with Crippen LogP contribution in [0.4, 0.5) is 0 Å². The number of benzene rings is 2. The third-order valence-electron chi connectivity index (χ3n) is 3.49. The van der Waals surface area contributed by atoms with E-state index in [1.54, 1.807) is 0 Å². The zero-order valence-corrected chi connectivity index (χ0v) is 10.5. The molecule has 0 unspecified atom stereocenters. The van der Waals surface area contributed by atoms with Gasteiger partial charge in [-0.2, -0.15) is 0 Å². The maximum absolute atomic E-state index is 3.53. The molecule has 1 nitrogen and oxygen atoms in total. The van der Waals surface area contributed by atoms with Crippen LogP contribution in [0, 0.1) is 6.92 Å². The van der Waals surface area contributed by atoms with Crippen LogP contribution in [0.15, 0.2) is 36.4 Å². The Morgan fingerprint density at radius 1 is 0.941 bits per heavy atom. The van der Waals surface area contributed by atoms with Crippen LogP contribution in [0.1, 0.15) is 31.0 Å². The lowest BCUT2D eigenvalue weighted by Crippen LogP contribution is -1.84. The van der Waals surface area contributed by atoms with Crippen LogP contribution in [0.5, 0.6) is 0 Å². The topological polar surface area (TPSA) is 15.8 Å². The highest BCUT2D eigenvalue weighted by atomic mass is 14.7. The summed E-state index contributed by atoms with van der Waals surface area (Å²) in [6, 6.07) is 13.2. The number of aromatic amines is 1. The Morgan fingerprint density at radius 2 is 1.65 bits per heavy atom. The molecule has 1 aromatic heterocycles. The SMILES string of the molecule is Cc1cc2[nH]c(C(C)C)cc2c2ccccc12. The zero-order valence-electron chi connectivity index (χ0n) is 10.5. The van der Waals surface area contributed by atoms with Crippen molar-refractivity contribution in [3.8, 4) is 0 Å². The maximum atomic E-state index is 3.53. The molecule has 0 bridgehead atoms. The number of fused-ring (bicyclic) bond motifs is 3. The minimum atomic E-state index is 0.543. The van der Waals surface area contributed by atoms with Crippen LogP contribution in [-0.4, -0.2) is 4.98 Å². The van der Waals surface area contributed by atoms with Gasteiger partial charge in [0, 0.05) is 16.6 Å². The first kappa shape index (κ1) is 10.4. The summed E-state index contributed by atoms with van der Waals surface area (Å²) in [5.41, 5.74) is 3.91. The lowest BCUT2D eigenvalue weighted by molar-refractivity contribution is 0.836. The lowest BCUT2D eigenvalue weighted by Gasteiger charge is -2.03. The van der Waals surface area contributed by atoms with E-state index in [2.05, 4.69) is 62.2 Å². The number of hydrogen-bond acceptors (Lipinski definition) is 0. The van der Waals surface area contributed by atoms with E-state index < -0.39 is 0 Å². The second-order valence-electron chi connectivity index (χ2n) is 5.08. The van der Waals surface area contributed by atoms with Gasteiger partial charge in [-0.15, -0.1) is 0 Å². The van der Waals surface area contributed by atoms with Crippen molar-refractivity contribution in [1.29, 1.82) is 0 Å². The summed E-state index contributed by atoms with van der Waals surface area (Å²) in [6.07, 6.45) is 0. The molecular weight excluding hydrogens is 206 g/mol. The summed E-state index contributed by atoms with van der Waals surface area (Å²) in [5.74, 6) is 0.543. The van der Waals surface area contributed by atoms with Gasteiger partial charge in [0.15, 0.2) is 0 Å². The van der Waals surface area contributed by atoms with Crippen molar-refractivity contribution in [1.82, 2.24) is 4.98 Å². The first-order chi connectivity index (χ1) is 8.16. The van der Waals surface area contributed by atoms with Crippen LogP contribution >= 0.6 is 0 Å². The highest BCUT2D eigenvalue weighted by Gasteiger charge is 2.08. The van der Waals surface area contributed by atoms with Gasteiger partial charge >= 0.3 is 0 Å². The summed E-state index contributed by atoms with van der Waals surface area (Å²) in [7, 11) is 0. The average Bonchev–Trinajstić information content (AvgIpc) is 2.73.